The molecule has 1 aliphatic rings. The zero-order valence-corrected chi connectivity index (χ0v) is 20.2. The van der Waals surface area contributed by atoms with E-state index in [1.165, 1.54) is 4.88 Å². The quantitative estimate of drug-likeness (QED) is 0.490. The van der Waals surface area contributed by atoms with Crippen molar-refractivity contribution in [2.75, 3.05) is 19.7 Å². The van der Waals surface area contributed by atoms with Crippen LogP contribution in [0.3, 0.4) is 0 Å². The Labute approximate surface area is 199 Å². The molecule has 0 unspecified atom stereocenters. The summed E-state index contributed by atoms with van der Waals surface area (Å²) in [6, 6.07) is 19.0. The molecule has 0 bridgehead atoms. The molecule has 6 heteroatoms. The maximum atomic E-state index is 13.5. The molecule has 5 nitrogen and oxygen atoms in total. The number of amides is 2. The molecule has 0 aliphatic carbocycles. The summed E-state index contributed by atoms with van der Waals surface area (Å²) in [4.78, 5) is 31.6. The third-order valence-electron chi connectivity index (χ3n) is 6.02. The Morgan fingerprint density at radius 2 is 1.91 bits per heavy atom. The highest BCUT2D eigenvalue weighted by Gasteiger charge is 2.34. The van der Waals surface area contributed by atoms with Crippen LogP contribution in [0.15, 0.2) is 66.0 Å². The third kappa shape index (κ3) is 5.28. The zero-order valence-electron chi connectivity index (χ0n) is 19.4. The largest absolute Gasteiger partial charge is 0.491 e. The minimum Gasteiger partial charge on any atom is -0.491 e. The fourth-order valence-corrected chi connectivity index (χ4v) is 5.16. The summed E-state index contributed by atoms with van der Waals surface area (Å²) < 4.78 is 6.06. The van der Waals surface area contributed by atoms with E-state index in [0.29, 0.717) is 18.7 Å². The Kier molecular flexibility index (Phi) is 7.14. The van der Waals surface area contributed by atoms with Crippen LogP contribution < -0.4 is 4.74 Å². The van der Waals surface area contributed by atoms with Crippen molar-refractivity contribution in [1.82, 2.24) is 9.80 Å². The predicted octanol–water partition coefficient (Wildman–Crippen LogP) is 5.11. The van der Waals surface area contributed by atoms with Crippen molar-refractivity contribution in [2.24, 2.45) is 0 Å². The molecule has 0 saturated carbocycles. The molecule has 2 aromatic carbocycles. The monoisotopic (exact) mass is 462 g/mol. The van der Waals surface area contributed by atoms with E-state index in [1.807, 2.05) is 80.3 Å². The van der Waals surface area contributed by atoms with Crippen LogP contribution in [0.1, 0.15) is 46.3 Å². The second kappa shape index (κ2) is 10.2. The summed E-state index contributed by atoms with van der Waals surface area (Å²) in [5.41, 5.74) is 2.78. The van der Waals surface area contributed by atoms with Gasteiger partial charge in [-0.2, -0.15) is 0 Å². The Balaban J connectivity index is 1.53. The Bertz CT molecular complexity index is 1110. The average Bonchev–Trinajstić information content (AvgIpc) is 3.30. The van der Waals surface area contributed by atoms with E-state index >= 15 is 0 Å². The number of hydrogen-bond donors (Lipinski definition) is 0. The van der Waals surface area contributed by atoms with Crippen molar-refractivity contribution < 1.29 is 14.3 Å². The van der Waals surface area contributed by atoms with E-state index < -0.39 is 0 Å². The zero-order chi connectivity index (χ0) is 23.4. The van der Waals surface area contributed by atoms with Gasteiger partial charge in [0.05, 0.1) is 6.04 Å². The molecule has 0 N–H and O–H groups in total. The van der Waals surface area contributed by atoms with E-state index in [0.717, 1.165) is 23.3 Å². The molecular weight excluding hydrogens is 432 g/mol. The number of carbonyl (C=O) groups excluding carboxylic acids is 2. The number of rotatable bonds is 7. The highest BCUT2D eigenvalue weighted by atomic mass is 32.1. The molecule has 2 heterocycles. The number of hydrogen-bond acceptors (Lipinski definition) is 4. The maximum Gasteiger partial charge on any atom is 0.254 e. The fourth-order valence-electron chi connectivity index (χ4n) is 4.24. The Hall–Kier alpha value is -3.12. The molecule has 172 valence electrons. The van der Waals surface area contributed by atoms with Gasteiger partial charge in [-0.05, 0) is 68.5 Å². The van der Waals surface area contributed by atoms with Gasteiger partial charge in [0.1, 0.15) is 18.9 Å². The van der Waals surface area contributed by atoms with Crippen LogP contribution in [0.2, 0.25) is 0 Å². The summed E-state index contributed by atoms with van der Waals surface area (Å²) in [7, 11) is 0. The summed E-state index contributed by atoms with van der Waals surface area (Å²) in [6.07, 6.45) is 0.827. The van der Waals surface area contributed by atoms with Crippen LogP contribution in [0, 0.1) is 6.92 Å². The summed E-state index contributed by atoms with van der Waals surface area (Å²) in [5.74, 6) is 0.612. The minimum atomic E-state index is -0.171. The van der Waals surface area contributed by atoms with Gasteiger partial charge < -0.3 is 14.5 Å². The van der Waals surface area contributed by atoms with Crippen molar-refractivity contribution in [3.05, 3.63) is 87.6 Å². The highest BCUT2D eigenvalue weighted by Crippen LogP contribution is 2.34. The molecule has 33 heavy (non-hydrogen) atoms. The van der Waals surface area contributed by atoms with Crippen molar-refractivity contribution in [3.8, 4) is 5.75 Å². The molecular formula is C27H30N2O3S. The molecule has 1 atom stereocenters. The van der Waals surface area contributed by atoms with E-state index in [-0.39, 0.29) is 30.4 Å². The summed E-state index contributed by atoms with van der Waals surface area (Å²) in [5, 5.41) is 2.08. The second-order valence-corrected chi connectivity index (χ2v) is 9.67. The SMILES string of the molecule is Cc1cccc(C(=O)N(CC(=O)N2CCc3sccc3[C@H]2COc2ccccc2)C(C)C)c1. The minimum absolute atomic E-state index is 0.0474. The molecule has 0 radical (unpaired) electrons. The van der Waals surface area contributed by atoms with E-state index in [9.17, 15) is 9.59 Å². The third-order valence-corrected chi connectivity index (χ3v) is 7.02. The van der Waals surface area contributed by atoms with E-state index in [2.05, 4.69) is 11.4 Å². The van der Waals surface area contributed by atoms with Gasteiger partial charge >= 0.3 is 0 Å². The van der Waals surface area contributed by atoms with Gasteiger partial charge in [0, 0.05) is 23.0 Å². The van der Waals surface area contributed by atoms with E-state index in [1.54, 1.807) is 16.2 Å². The normalized spacial score (nSPS) is 15.3. The van der Waals surface area contributed by atoms with Gasteiger partial charge in [-0.1, -0.05) is 35.9 Å². The second-order valence-electron chi connectivity index (χ2n) is 8.67. The predicted molar refractivity (Wildman–Crippen MR) is 132 cm³/mol. The molecule has 0 saturated heterocycles. The maximum absolute atomic E-state index is 13.5. The first-order valence-electron chi connectivity index (χ1n) is 11.3. The van der Waals surface area contributed by atoms with Crippen LogP contribution in [-0.4, -0.2) is 47.4 Å². The number of carbonyl (C=O) groups is 2. The van der Waals surface area contributed by atoms with Crippen molar-refractivity contribution in [3.63, 3.8) is 0 Å². The van der Waals surface area contributed by atoms with Crippen molar-refractivity contribution in [2.45, 2.75) is 39.3 Å². The molecule has 0 spiro atoms. The molecule has 3 aromatic rings. The summed E-state index contributed by atoms with van der Waals surface area (Å²) >= 11 is 1.73. The van der Waals surface area contributed by atoms with E-state index in [4.69, 9.17) is 4.74 Å². The van der Waals surface area contributed by atoms with Crippen LogP contribution in [0.5, 0.6) is 5.75 Å². The summed E-state index contributed by atoms with van der Waals surface area (Å²) in [6.45, 7) is 6.91. The standard InChI is InChI=1S/C27H30N2O3S/c1-19(2)29(27(31)21-9-7-8-20(3)16-21)17-26(30)28-14-12-25-23(13-15-33-25)24(28)18-32-22-10-5-4-6-11-22/h4-11,13,15-16,19,24H,12,14,17-18H2,1-3H3/t24-/m1/s1. The molecule has 4 rings (SSSR count). The van der Waals surface area contributed by atoms with Gasteiger partial charge in [-0.3, -0.25) is 9.59 Å². The van der Waals surface area contributed by atoms with Crippen LogP contribution in [-0.2, 0) is 11.2 Å². The number of fused-ring (bicyclic) bond motifs is 1. The smallest absolute Gasteiger partial charge is 0.254 e. The molecule has 0 fully saturated rings. The number of para-hydroxylation sites is 1. The fraction of sp³-hybridized carbons (Fsp3) is 0.333. The first kappa shape index (κ1) is 23.1. The van der Waals surface area contributed by atoms with Crippen LogP contribution in [0.4, 0.5) is 0 Å². The lowest BCUT2D eigenvalue weighted by Crippen LogP contribution is -2.49. The molecule has 2 amide bonds. The molecule has 1 aliphatic heterocycles. The average molecular weight is 463 g/mol. The lowest BCUT2D eigenvalue weighted by atomic mass is 10.00. The van der Waals surface area contributed by atoms with Gasteiger partial charge in [-0.25, -0.2) is 0 Å². The number of aryl methyl sites for hydroxylation is 1. The first-order chi connectivity index (χ1) is 15.9. The lowest BCUT2D eigenvalue weighted by Gasteiger charge is -2.37. The van der Waals surface area contributed by atoms with Crippen molar-refractivity contribution >= 4 is 23.2 Å². The van der Waals surface area contributed by atoms with Crippen LogP contribution >= 0.6 is 11.3 Å². The Morgan fingerprint density at radius 3 is 2.64 bits per heavy atom. The highest BCUT2D eigenvalue weighted by molar-refractivity contribution is 7.10. The van der Waals surface area contributed by atoms with Gasteiger partial charge in [0.15, 0.2) is 0 Å². The number of thiophene rings is 1. The lowest BCUT2D eigenvalue weighted by molar-refractivity contribution is -0.136. The van der Waals surface area contributed by atoms with Gasteiger partial charge in [0.25, 0.3) is 5.91 Å². The van der Waals surface area contributed by atoms with Crippen molar-refractivity contribution in [1.29, 1.82) is 0 Å². The number of benzene rings is 2. The van der Waals surface area contributed by atoms with Gasteiger partial charge in [0.2, 0.25) is 5.91 Å². The Morgan fingerprint density at radius 1 is 1.12 bits per heavy atom. The van der Waals surface area contributed by atoms with Crippen LogP contribution in [0.25, 0.3) is 0 Å². The topological polar surface area (TPSA) is 49.9 Å². The first-order valence-corrected chi connectivity index (χ1v) is 12.2. The number of nitrogens with zero attached hydrogens (tertiary/aromatic N) is 2. The number of ether oxygens (including phenoxy) is 1. The van der Waals surface area contributed by atoms with Gasteiger partial charge in [-0.15, -0.1) is 11.3 Å². The molecule has 1 aromatic heterocycles.